The number of piperazine rings is 1. The number of hydrogen-bond acceptors (Lipinski definition) is 4. The van der Waals surface area contributed by atoms with E-state index in [1.165, 1.54) is 0 Å². The second kappa shape index (κ2) is 6.37. The summed E-state index contributed by atoms with van der Waals surface area (Å²) < 4.78 is 5.32. The Morgan fingerprint density at radius 2 is 2.05 bits per heavy atom. The fourth-order valence-electron chi connectivity index (χ4n) is 2.68. The zero-order chi connectivity index (χ0) is 13.8. The van der Waals surface area contributed by atoms with Crippen molar-refractivity contribution in [3.8, 4) is 5.75 Å². The highest BCUT2D eigenvalue weighted by Crippen LogP contribution is 2.29. The van der Waals surface area contributed by atoms with Gasteiger partial charge in [0.15, 0.2) is 0 Å². The SMILES string of the molecule is COc1ccccc1C(O)CC1CN(C)CCN1C. The van der Waals surface area contributed by atoms with E-state index in [0.717, 1.165) is 37.4 Å². The molecule has 0 aromatic heterocycles. The Hall–Kier alpha value is -1.10. The minimum absolute atomic E-state index is 0.388. The van der Waals surface area contributed by atoms with Crippen molar-refractivity contribution >= 4 is 0 Å². The normalized spacial score (nSPS) is 23.3. The van der Waals surface area contributed by atoms with Gasteiger partial charge in [-0.15, -0.1) is 0 Å². The van der Waals surface area contributed by atoms with Gasteiger partial charge < -0.3 is 19.6 Å². The Morgan fingerprint density at radius 3 is 2.79 bits per heavy atom. The average molecular weight is 264 g/mol. The molecule has 2 atom stereocenters. The van der Waals surface area contributed by atoms with Gasteiger partial charge >= 0.3 is 0 Å². The predicted molar refractivity (Wildman–Crippen MR) is 76.5 cm³/mol. The maximum Gasteiger partial charge on any atom is 0.124 e. The van der Waals surface area contributed by atoms with Crippen molar-refractivity contribution in [2.75, 3.05) is 40.8 Å². The fourth-order valence-corrected chi connectivity index (χ4v) is 2.68. The minimum Gasteiger partial charge on any atom is -0.496 e. The summed E-state index contributed by atoms with van der Waals surface area (Å²) in [5.74, 6) is 0.766. The van der Waals surface area contributed by atoms with Gasteiger partial charge in [0.1, 0.15) is 5.75 Å². The van der Waals surface area contributed by atoms with Crippen LogP contribution in [0.15, 0.2) is 24.3 Å². The molecule has 4 heteroatoms. The van der Waals surface area contributed by atoms with Crippen LogP contribution < -0.4 is 4.74 Å². The maximum absolute atomic E-state index is 10.5. The van der Waals surface area contributed by atoms with Crippen molar-refractivity contribution in [1.29, 1.82) is 0 Å². The van der Waals surface area contributed by atoms with Crippen molar-refractivity contribution in [2.24, 2.45) is 0 Å². The molecule has 4 nitrogen and oxygen atoms in total. The monoisotopic (exact) mass is 264 g/mol. The van der Waals surface area contributed by atoms with E-state index in [-0.39, 0.29) is 0 Å². The largest absolute Gasteiger partial charge is 0.496 e. The molecule has 0 radical (unpaired) electrons. The van der Waals surface area contributed by atoms with Crippen molar-refractivity contribution in [3.05, 3.63) is 29.8 Å². The summed E-state index contributed by atoms with van der Waals surface area (Å²) >= 11 is 0. The lowest BCUT2D eigenvalue weighted by molar-refractivity contribution is 0.0625. The molecular formula is C15H24N2O2. The van der Waals surface area contributed by atoms with Crippen molar-refractivity contribution in [1.82, 2.24) is 9.80 Å². The van der Waals surface area contributed by atoms with E-state index in [0.29, 0.717) is 6.04 Å². The molecule has 1 fully saturated rings. The number of methoxy groups -OCH3 is 1. The maximum atomic E-state index is 10.5. The number of ether oxygens (including phenoxy) is 1. The van der Waals surface area contributed by atoms with E-state index in [2.05, 4.69) is 23.9 Å². The van der Waals surface area contributed by atoms with Gasteiger partial charge in [-0.05, 0) is 26.6 Å². The molecule has 1 N–H and O–H groups in total. The van der Waals surface area contributed by atoms with Gasteiger partial charge in [-0.1, -0.05) is 18.2 Å². The topological polar surface area (TPSA) is 35.9 Å². The Balaban J connectivity index is 2.05. The number of para-hydroxylation sites is 1. The first-order chi connectivity index (χ1) is 9.11. The molecule has 2 unspecified atom stereocenters. The molecule has 19 heavy (non-hydrogen) atoms. The zero-order valence-corrected chi connectivity index (χ0v) is 12.0. The molecule has 0 amide bonds. The van der Waals surface area contributed by atoms with Crippen LogP contribution in [-0.4, -0.2) is 61.8 Å². The highest BCUT2D eigenvalue weighted by Gasteiger charge is 2.26. The van der Waals surface area contributed by atoms with E-state index in [1.54, 1.807) is 7.11 Å². The molecule has 1 aromatic carbocycles. The number of rotatable bonds is 4. The van der Waals surface area contributed by atoms with Crippen LogP contribution in [0, 0.1) is 0 Å². The second-order valence-electron chi connectivity index (χ2n) is 5.39. The van der Waals surface area contributed by atoms with Gasteiger partial charge in [-0.25, -0.2) is 0 Å². The lowest BCUT2D eigenvalue weighted by Gasteiger charge is -2.38. The quantitative estimate of drug-likeness (QED) is 0.891. The van der Waals surface area contributed by atoms with E-state index >= 15 is 0 Å². The summed E-state index contributed by atoms with van der Waals surface area (Å²) in [6.45, 7) is 3.15. The Bertz CT molecular complexity index is 411. The molecule has 2 rings (SSSR count). The van der Waals surface area contributed by atoms with Crippen LogP contribution in [0.4, 0.5) is 0 Å². The molecule has 1 saturated heterocycles. The summed E-state index contributed by atoms with van der Waals surface area (Å²) in [6.07, 6.45) is 0.261. The predicted octanol–water partition coefficient (Wildman–Crippen LogP) is 1.36. The van der Waals surface area contributed by atoms with Gasteiger partial charge in [-0.2, -0.15) is 0 Å². The van der Waals surface area contributed by atoms with Crippen molar-refractivity contribution < 1.29 is 9.84 Å². The van der Waals surface area contributed by atoms with Crippen LogP contribution >= 0.6 is 0 Å². The number of benzene rings is 1. The molecule has 0 bridgehead atoms. The lowest BCUT2D eigenvalue weighted by Crippen LogP contribution is -2.50. The molecule has 1 aliphatic rings. The van der Waals surface area contributed by atoms with Gasteiger partial charge in [0.25, 0.3) is 0 Å². The van der Waals surface area contributed by atoms with Gasteiger partial charge in [0.2, 0.25) is 0 Å². The first kappa shape index (κ1) is 14.3. The smallest absolute Gasteiger partial charge is 0.124 e. The lowest BCUT2D eigenvalue weighted by atomic mass is 9.99. The first-order valence-electron chi connectivity index (χ1n) is 6.81. The number of aliphatic hydroxyl groups is 1. The van der Waals surface area contributed by atoms with E-state index in [9.17, 15) is 5.11 Å². The Kier molecular flexibility index (Phi) is 4.80. The number of nitrogens with zero attached hydrogens (tertiary/aromatic N) is 2. The molecule has 1 heterocycles. The first-order valence-corrected chi connectivity index (χ1v) is 6.81. The second-order valence-corrected chi connectivity index (χ2v) is 5.39. The molecule has 1 aromatic rings. The van der Waals surface area contributed by atoms with Gasteiger partial charge in [-0.3, -0.25) is 0 Å². The Labute approximate surface area is 115 Å². The molecule has 106 valence electrons. The van der Waals surface area contributed by atoms with Crippen LogP contribution in [0.5, 0.6) is 5.75 Å². The van der Waals surface area contributed by atoms with Crippen LogP contribution in [-0.2, 0) is 0 Å². The standard InChI is InChI=1S/C15H24N2O2/c1-16-8-9-17(2)12(11-16)10-14(18)13-6-4-5-7-15(13)19-3/h4-7,12,14,18H,8-11H2,1-3H3. The zero-order valence-electron chi connectivity index (χ0n) is 12.0. The summed E-state index contributed by atoms with van der Waals surface area (Å²) in [5, 5.41) is 10.5. The average Bonchev–Trinajstić information content (AvgIpc) is 2.42. The molecule has 0 aliphatic carbocycles. The van der Waals surface area contributed by atoms with Crippen LogP contribution in [0.3, 0.4) is 0 Å². The third kappa shape index (κ3) is 3.47. The van der Waals surface area contributed by atoms with Gasteiger partial charge in [0, 0.05) is 31.2 Å². The Morgan fingerprint density at radius 1 is 1.32 bits per heavy atom. The van der Waals surface area contributed by atoms with Crippen LogP contribution in [0.1, 0.15) is 18.1 Å². The molecule has 0 saturated carbocycles. The number of aliphatic hydroxyl groups excluding tert-OH is 1. The van der Waals surface area contributed by atoms with Gasteiger partial charge in [0.05, 0.1) is 13.2 Å². The van der Waals surface area contributed by atoms with Crippen LogP contribution in [0.25, 0.3) is 0 Å². The molecular weight excluding hydrogens is 240 g/mol. The highest BCUT2D eigenvalue weighted by molar-refractivity contribution is 5.35. The third-order valence-corrected chi connectivity index (χ3v) is 3.97. The van der Waals surface area contributed by atoms with Crippen molar-refractivity contribution in [2.45, 2.75) is 18.6 Å². The molecule has 1 aliphatic heterocycles. The van der Waals surface area contributed by atoms with E-state index < -0.39 is 6.10 Å². The summed E-state index contributed by atoms with van der Waals surface area (Å²) in [5.41, 5.74) is 0.881. The highest BCUT2D eigenvalue weighted by atomic mass is 16.5. The fraction of sp³-hybridized carbons (Fsp3) is 0.600. The third-order valence-electron chi connectivity index (χ3n) is 3.97. The van der Waals surface area contributed by atoms with Crippen LogP contribution in [0.2, 0.25) is 0 Å². The number of likely N-dealkylation sites (N-methyl/N-ethyl adjacent to an activating group) is 2. The van der Waals surface area contributed by atoms with Crippen molar-refractivity contribution in [3.63, 3.8) is 0 Å². The minimum atomic E-state index is -0.477. The number of hydrogen-bond donors (Lipinski definition) is 1. The van der Waals surface area contributed by atoms with E-state index in [4.69, 9.17) is 4.74 Å². The summed E-state index contributed by atoms with van der Waals surface area (Å²) in [4.78, 5) is 4.65. The molecule has 0 spiro atoms. The summed E-state index contributed by atoms with van der Waals surface area (Å²) in [6, 6.07) is 8.09. The summed E-state index contributed by atoms with van der Waals surface area (Å²) in [7, 11) is 5.91. The van der Waals surface area contributed by atoms with E-state index in [1.807, 2.05) is 24.3 Å².